The lowest BCUT2D eigenvalue weighted by atomic mass is 10.1. The van der Waals surface area contributed by atoms with Crippen LogP contribution >= 0.6 is 0 Å². The Bertz CT molecular complexity index is 583. The van der Waals surface area contributed by atoms with Crippen molar-refractivity contribution in [3.63, 3.8) is 0 Å². The minimum atomic E-state index is -4.42. The fraction of sp³-hybridized carbons (Fsp3) is 0.357. The first-order valence-corrected chi connectivity index (χ1v) is 6.04. The van der Waals surface area contributed by atoms with Crippen molar-refractivity contribution >= 4 is 0 Å². The highest BCUT2D eigenvalue weighted by molar-refractivity contribution is 5.41. The Hall–Kier alpha value is -1.78. The third-order valence-electron chi connectivity index (χ3n) is 2.96. The number of hydrogen-bond acceptors (Lipinski definition) is 1. The van der Waals surface area contributed by atoms with Crippen LogP contribution in [0, 0.1) is 6.92 Å². The molecule has 1 heterocycles. The summed E-state index contributed by atoms with van der Waals surface area (Å²) in [6, 6.07) is 8.39. The first kappa shape index (κ1) is 13.6. The van der Waals surface area contributed by atoms with Gasteiger partial charge in [-0.25, -0.2) is 4.68 Å². The van der Waals surface area contributed by atoms with Gasteiger partial charge in [0.25, 0.3) is 0 Å². The lowest BCUT2D eigenvalue weighted by Gasteiger charge is -2.12. The maximum Gasteiger partial charge on any atom is 0.435 e. The number of rotatable bonds is 2. The molecule has 5 heteroatoms. The third-order valence-corrected chi connectivity index (χ3v) is 2.96. The molecule has 0 saturated carbocycles. The predicted molar refractivity (Wildman–Crippen MR) is 67.4 cm³/mol. The van der Waals surface area contributed by atoms with E-state index >= 15 is 0 Å². The first-order chi connectivity index (χ1) is 8.80. The zero-order valence-electron chi connectivity index (χ0n) is 11.0. The molecule has 0 amide bonds. The van der Waals surface area contributed by atoms with E-state index < -0.39 is 11.9 Å². The molecule has 0 atom stereocenters. The van der Waals surface area contributed by atoms with Gasteiger partial charge in [0.05, 0.1) is 5.69 Å². The van der Waals surface area contributed by atoms with Gasteiger partial charge in [0.15, 0.2) is 5.69 Å². The summed E-state index contributed by atoms with van der Waals surface area (Å²) in [5.41, 5.74) is 1.28. The SMILES string of the molecule is Cc1ccccc1-n1nc(C(F)(F)F)cc1C(C)C. The summed E-state index contributed by atoms with van der Waals surface area (Å²) in [4.78, 5) is 0. The van der Waals surface area contributed by atoms with Crippen molar-refractivity contribution in [2.45, 2.75) is 32.9 Å². The van der Waals surface area contributed by atoms with Gasteiger partial charge >= 0.3 is 6.18 Å². The summed E-state index contributed by atoms with van der Waals surface area (Å²) in [7, 11) is 0. The van der Waals surface area contributed by atoms with Crippen molar-refractivity contribution in [1.82, 2.24) is 9.78 Å². The average molecular weight is 268 g/mol. The van der Waals surface area contributed by atoms with E-state index in [9.17, 15) is 13.2 Å². The number of alkyl halides is 3. The standard InChI is InChI=1S/C14H15F3N2/c1-9(2)12-8-13(14(15,16)17)18-19(12)11-7-5-4-6-10(11)3/h4-9H,1-3H3. The lowest BCUT2D eigenvalue weighted by Crippen LogP contribution is -2.08. The summed E-state index contributed by atoms with van der Waals surface area (Å²) in [6.07, 6.45) is -4.42. The summed E-state index contributed by atoms with van der Waals surface area (Å²) >= 11 is 0. The molecule has 0 aliphatic carbocycles. The minimum absolute atomic E-state index is 0.0387. The highest BCUT2D eigenvalue weighted by Crippen LogP contribution is 2.32. The number of nitrogens with zero attached hydrogens (tertiary/aromatic N) is 2. The Labute approximate surface area is 109 Å². The molecule has 0 fully saturated rings. The van der Waals surface area contributed by atoms with E-state index in [1.165, 1.54) is 4.68 Å². The predicted octanol–water partition coefficient (Wildman–Crippen LogP) is 4.32. The van der Waals surface area contributed by atoms with E-state index in [2.05, 4.69) is 5.10 Å². The van der Waals surface area contributed by atoms with Crippen molar-refractivity contribution < 1.29 is 13.2 Å². The van der Waals surface area contributed by atoms with Crippen molar-refractivity contribution in [1.29, 1.82) is 0 Å². The molecule has 0 aliphatic rings. The van der Waals surface area contributed by atoms with E-state index in [-0.39, 0.29) is 5.92 Å². The zero-order valence-corrected chi connectivity index (χ0v) is 11.0. The topological polar surface area (TPSA) is 17.8 Å². The van der Waals surface area contributed by atoms with E-state index in [0.717, 1.165) is 11.6 Å². The van der Waals surface area contributed by atoms with E-state index in [4.69, 9.17) is 0 Å². The van der Waals surface area contributed by atoms with Crippen molar-refractivity contribution in [3.05, 3.63) is 47.3 Å². The molecule has 1 aromatic heterocycles. The Morgan fingerprint density at radius 3 is 2.32 bits per heavy atom. The molecule has 19 heavy (non-hydrogen) atoms. The maximum atomic E-state index is 12.8. The van der Waals surface area contributed by atoms with Crippen LogP contribution in [0.1, 0.15) is 36.7 Å². The molecular formula is C14H15F3N2. The van der Waals surface area contributed by atoms with Gasteiger partial charge in [-0.1, -0.05) is 32.0 Å². The minimum Gasteiger partial charge on any atom is -0.237 e. The lowest BCUT2D eigenvalue weighted by molar-refractivity contribution is -0.141. The highest BCUT2D eigenvalue weighted by Gasteiger charge is 2.35. The van der Waals surface area contributed by atoms with Gasteiger partial charge in [-0.2, -0.15) is 18.3 Å². The van der Waals surface area contributed by atoms with Gasteiger partial charge in [0.1, 0.15) is 0 Å². The van der Waals surface area contributed by atoms with Crippen LogP contribution in [-0.2, 0) is 6.18 Å². The van der Waals surface area contributed by atoms with Gasteiger partial charge in [0, 0.05) is 5.69 Å². The van der Waals surface area contributed by atoms with Gasteiger partial charge in [-0.05, 0) is 30.5 Å². The number of hydrogen-bond donors (Lipinski definition) is 0. The largest absolute Gasteiger partial charge is 0.435 e. The summed E-state index contributed by atoms with van der Waals surface area (Å²) in [5.74, 6) is -0.0387. The molecule has 0 unspecified atom stereocenters. The Balaban J connectivity index is 2.63. The van der Waals surface area contributed by atoms with E-state index in [0.29, 0.717) is 11.4 Å². The van der Waals surface area contributed by atoms with Crippen LogP contribution in [0.5, 0.6) is 0 Å². The van der Waals surface area contributed by atoms with Crippen LogP contribution < -0.4 is 0 Å². The molecule has 0 saturated heterocycles. The van der Waals surface area contributed by atoms with Gasteiger partial charge in [0.2, 0.25) is 0 Å². The van der Waals surface area contributed by atoms with Crippen LogP contribution in [0.15, 0.2) is 30.3 Å². The molecule has 0 radical (unpaired) electrons. The van der Waals surface area contributed by atoms with Crippen LogP contribution in [0.2, 0.25) is 0 Å². The molecule has 0 bridgehead atoms. The molecule has 0 aliphatic heterocycles. The normalized spacial score (nSPS) is 12.2. The van der Waals surface area contributed by atoms with E-state index in [1.807, 2.05) is 32.9 Å². The van der Waals surface area contributed by atoms with Crippen LogP contribution in [0.25, 0.3) is 5.69 Å². The maximum absolute atomic E-state index is 12.8. The number of aromatic nitrogens is 2. The second-order valence-corrected chi connectivity index (χ2v) is 4.81. The quantitative estimate of drug-likeness (QED) is 0.793. The number of benzene rings is 1. The number of para-hydroxylation sites is 1. The van der Waals surface area contributed by atoms with Crippen molar-refractivity contribution in [3.8, 4) is 5.69 Å². The number of halogens is 3. The highest BCUT2D eigenvalue weighted by atomic mass is 19.4. The van der Waals surface area contributed by atoms with Crippen LogP contribution in [0.4, 0.5) is 13.2 Å². The Kier molecular flexibility index (Phi) is 3.39. The van der Waals surface area contributed by atoms with E-state index in [1.54, 1.807) is 12.1 Å². The average Bonchev–Trinajstić information content (AvgIpc) is 2.74. The molecule has 2 rings (SSSR count). The summed E-state index contributed by atoms with van der Waals surface area (Å²) in [6.45, 7) is 5.56. The molecule has 2 aromatic rings. The Morgan fingerprint density at radius 1 is 1.16 bits per heavy atom. The molecule has 0 N–H and O–H groups in total. The summed E-state index contributed by atoms with van der Waals surface area (Å²) < 4.78 is 39.7. The molecule has 2 nitrogen and oxygen atoms in total. The zero-order chi connectivity index (χ0) is 14.2. The van der Waals surface area contributed by atoms with Crippen molar-refractivity contribution in [2.75, 3.05) is 0 Å². The molecular weight excluding hydrogens is 253 g/mol. The Morgan fingerprint density at radius 2 is 1.79 bits per heavy atom. The fourth-order valence-corrected chi connectivity index (χ4v) is 1.94. The monoisotopic (exact) mass is 268 g/mol. The van der Waals surface area contributed by atoms with Gasteiger partial charge < -0.3 is 0 Å². The fourth-order valence-electron chi connectivity index (χ4n) is 1.94. The molecule has 1 aromatic carbocycles. The first-order valence-electron chi connectivity index (χ1n) is 6.04. The van der Waals surface area contributed by atoms with Crippen molar-refractivity contribution in [2.24, 2.45) is 0 Å². The second kappa shape index (κ2) is 4.72. The van der Waals surface area contributed by atoms with Gasteiger partial charge in [-0.3, -0.25) is 0 Å². The smallest absolute Gasteiger partial charge is 0.237 e. The summed E-state index contributed by atoms with van der Waals surface area (Å²) in [5, 5.41) is 3.73. The van der Waals surface area contributed by atoms with Crippen LogP contribution in [0.3, 0.4) is 0 Å². The third kappa shape index (κ3) is 2.64. The molecule has 0 spiro atoms. The molecule has 102 valence electrons. The second-order valence-electron chi connectivity index (χ2n) is 4.81. The van der Waals surface area contributed by atoms with Gasteiger partial charge in [-0.15, -0.1) is 0 Å². The number of aryl methyl sites for hydroxylation is 1. The van der Waals surface area contributed by atoms with Crippen LogP contribution in [-0.4, -0.2) is 9.78 Å².